The van der Waals surface area contributed by atoms with Gasteiger partial charge in [0, 0.05) is 19.2 Å². The second-order valence-corrected chi connectivity index (χ2v) is 4.31. The van der Waals surface area contributed by atoms with Crippen molar-refractivity contribution in [2.45, 2.75) is 6.54 Å². The number of ether oxygens (including phenoxy) is 1. The summed E-state index contributed by atoms with van der Waals surface area (Å²) < 4.78 is 5.07. The molecule has 18 heavy (non-hydrogen) atoms. The van der Waals surface area contributed by atoms with Crippen LogP contribution >= 0.6 is 11.6 Å². The Labute approximate surface area is 111 Å². The molecular weight excluding hydrogens is 254 g/mol. The third-order valence-corrected chi connectivity index (χ3v) is 2.64. The summed E-state index contributed by atoms with van der Waals surface area (Å²) in [7, 11) is 3.48. The van der Waals surface area contributed by atoms with Gasteiger partial charge < -0.3 is 9.84 Å². The van der Waals surface area contributed by atoms with Gasteiger partial charge in [-0.1, -0.05) is 23.7 Å². The normalized spacial score (nSPS) is 11.1. The summed E-state index contributed by atoms with van der Waals surface area (Å²) in [4.78, 5) is 12.3. The van der Waals surface area contributed by atoms with Gasteiger partial charge in [-0.05, 0) is 24.7 Å². The van der Waals surface area contributed by atoms with Gasteiger partial charge in [0.05, 0.1) is 12.1 Å². The lowest BCUT2D eigenvalue weighted by molar-refractivity contribution is -0.131. The molecule has 0 aliphatic carbocycles. The third-order valence-electron chi connectivity index (χ3n) is 2.35. The van der Waals surface area contributed by atoms with E-state index < -0.39 is 5.97 Å². The van der Waals surface area contributed by atoms with Crippen molar-refractivity contribution in [1.82, 2.24) is 4.90 Å². The van der Waals surface area contributed by atoms with E-state index >= 15 is 0 Å². The van der Waals surface area contributed by atoms with E-state index in [4.69, 9.17) is 21.4 Å². The van der Waals surface area contributed by atoms with Gasteiger partial charge in [-0.15, -0.1) is 0 Å². The molecule has 0 saturated carbocycles. The number of rotatable bonds is 6. The molecule has 98 valence electrons. The first-order valence-electron chi connectivity index (χ1n) is 5.43. The van der Waals surface area contributed by atoms with Crippen molar-refractivity contribution in [3.63, 3.8) is 0 Å². The number of likely N-dealkylation sites (N-methyl/N-ethyl adjacent to an activating group) is 1. The number of hydrogen-bond donors (Lipinski definition) is 1. The molecule has 0 aliphatic heterocycles. The highest BCUT2D eigenvalue weighted by Gasteiger charge is 2.03. The molecule has 0 unspecified atom stereocenters. The molecular formula is C13H16ClNO3. The maximum absolute atomic E-state index is 10.3. The number of carbonyl (C=O) groups is 1. The molecule has 0 heterocycles. The summed E-state index contributed by atoms with van der Waals surface area (Å²) in [5, 5.41) is 9.05. The van der Waals surface area contributed by atoms with E-state index in [-0.39, 0.29) is 0 Å². The van der Waals surface area contributed by atoms with E-state index in [0.717, 1.165) is 11.6 Å². The first kappa shape index (κ1) is 14.5. The van der Waals surface area contributed by atoms with Gasteiger partial charge in [0.25, 0.3) is 0 Å². The Morgan fingerprint density at radius 2 is 2.28 bits per heavy atom. The topological polar surface area (TPSA) is 49.8 Å². The molecule has 0 fully saturated rings. The van der Waals surface area contributed by atoms with E-state index in [9.17, 15) is 4.79 Å². The van der Waals surface area contributed by atoms with E-state index in [2.05, 4.69) is 0 Å². The number of halogens is 1. The molecule has 1 N–H and O–H groups in total. The molecule has 0 spiro atoms. The van der Waals surface area contributed by atoms with Crippen LogP contribution in [0.4, 0.5) is 0 Å². The summed E-state index contributed by atoms with van der Waals surface area (Å²) in [6, 6.07) is 5.60. The minimum atomic E-state index is -0.934. The average Bonchev–Trinajstić information content (AvgIpc) is 2.28. The highest BCUT2D eigenvalue weighted by molar-refractivity contribution is 6.32. The van der Waals surface area contributed by atoms with E-state index in [0.29, 0.717) is 23.9 Å². The largest absolute Gasteiger partial charge is 0.495 e. The molecule has 4 nitrogen and oxygen atoms in total. The van der Waals surface area contributed by atoms with Crippen molar-refractivity contribution in [2.24, 2.45) is 0 Å². The van der Waals surface area contributed by atoms with Crippen LogP contribution in [0.1, 0.15) is 5.56 Å². The van der Waals surface area contributed by atoms with Gasteiger partial charge in [-0.25, -0.2) is 4.79 Å². The minimum absolute atomic E-state index is 0.565. The van der Waals surface area contributed by atoms with Crippen molar-refractivity contribution in [2.75, 3.05) is 20.7 Å². The lowest BCUT2D eigenvalue weighted by atomic mass is 10.2. The van der Waals surface area contributed by atoms with Gasteiger partial charge in [0.1, 0.15) is 5.75 Å². The molecule has 0 radical (unpaired) electrons. The van der Waals surface area contributed by atoms with Crippen molar-refractivity contribution in [3.8, 4) is 5.75 Å². The highest BCUT2D eigenvalue weighted by Crippen LogP contribution is 2.25. The summed E-state index contributed by atoms with van der Waals surface area (Å²) in [5.41, 5.74) is 1.05. The highest BCUT2D eigenvalue weighted by atomic mass is 35.5. The molecule has 0 saturated heterocycles. The van der Waals surface area contributed by atoms with Crippen LogP contribution in [0.15, 0.2) is 30.4 Å². The summed E-state index contributed by atoms with van der Waals surface area (Å²) in [6.07, 6.45) is 2.74. The number of benzene rings is 1. The Bertz CT molecular complexity index is 446. The Hall–Kier alpha value is -1.52. The number of carboxylic acid groups (broad SMARTS) is 1. The van der Waals surface area contributed by atoms with Crippen LogP contribution in [0.3, 0.4) is 0 Å². The third kappa shape index (κ3) is 4.77. The lowest BCUT2D eigenvalue weighted by Gasteiger charge is -2.15. The van der Waals surface area contributed by atoms with Gasteiger partial charge in [0.15, 0.2) is 0 Å². The Morgan fingerprint density at radius 3 is 2.83 bits per heavy atom. The number of nitrogens with zero attached hydrogens (tertiary/aromatic N) is 1. The molecule has 5 heteroatoms. The predicted molar refractivity (Wildman–Crippen MR) is 71.1 cm³/mol. The van der Waals surface area contributed by atoms with E-state index in [1.807, 2.05) is 30.1 Å². The molecule has 0 aliphatic rings. The Morgan fingerprint density at radius 1 is 1.56 bits per heavy atom. The molecule has 1 aromatic carbocycles. The first-order chi connectivity index (χ1) is 8.52. The maximum Gasteiger partial charge on any atom is 0.328 e. The lowest BCUT2D eigenvalue weighted by Crippen LogP contribution is -2.17. The van der Waals surface area contributed by atoms with E-state index in [1.54, 1.807) is 13.2 Å². The predicted octanol–water partition coefficient (Wildman–Crippen LogP) is 2.42. The van der Waals surface area contributed by atoms with Crippen LogP contribution in [0.25, 0.3) is 0 Å². The van der Waals surface area contributed by atoms with Crippen LogP contribution in [0.5, 0.6) is 5.75 Å². The maximum atomic E-state index is 10.3. The number of aliphatic carboxylic acids is 1. The zero-order valence-electron chi connectivity index (χ0n) is 10.4. The van der Waals surface area contributed by atoms with Crippen LogP contribution in [0, 0.1) is 0 Å². The SMILES string of the molecule is COc1ccc(CN(C)C/C=C/C(=O)O)cc1Cl. The quantitative estimate of drug-likeness (QED) is 0.806. The zero-order chi connectivity index (χ0) is 13.5. The summed E-state index contributed by atoms with van der Waals surface area (Å²) in [5.74, 6) is -0.287. The number of methoxy groups -OCH3 is 1. The van der Waals surface area contributed by atoms with Gasteiger partial charge >= 0.3 is 5.97 Å². The van der Waals surface area contributed by atoms with Gasteiger partial charge in [-0.3, -0.25) is 4.90 Å². The monoisotopic (exact) mass is 269 g/mol. The van der Waals surface area contributed by atoms with Crippen LogP contribution in [-0.4, -0.2) is 36.7 Å². The molecule has 0 aromatic heterocycles. The fourth-order valence-electron chi connectivity index (χ4n) is 1.52. The molecule has 0 amide bonds. The van der Waals surface area contributed by atoms with Crippen LogP contribution in [0.2, 0.25) is 5.02 Å². The molecule has 0 bridgehead atoms. The zero-order valence-corrected chi connectivity index (χ0v) is 11.1. The van der Waals surface area contributed by atoms with Crippen molar-refractivity contribution < 1.29 is 14.6 Å². The van der Waals surface area contributed by atoms with Crippen LogP contribution in [-0.2, 0) is 11.3 Å². The molecule has 1 aromatic rings. The first-order valence-corrected chi connectivity index (χ1v) is 5.81. The van der Waals surface area contributed by atoms with E-state index in [1.165, 1.54) is 0 Å². The van der Waals surface area contributed by atoms with Crippen molar-refractivity contribution >= 4 is 17.6 Å². The smallest absolute Gasteiger partial charge is 0.328 e. The molecule has 1 rings (SSSR count). The standard InChI is InChI=1S/C13H16ClNO3/c1-15(7-3-4-13(16)17)9-10-5-6-12(18-2)11(14)8-10/h3-6,8H,7,9H2,1-2H3,(H,16,17)/b4-3+. The van der Waals surface area contributed by atoms with Crippen molar-refractivity contribution in [3.05, 3.63) is 40.9 Å². The second-order valence-electron chi connectivity index (χ2n) is 3.91. The fraction of sp³-hybridized carbons (Fsp3) is 0.308. The van der Waals surface area contributed by atoms with Crippen LogP contribution < -0.4 is 4.74 Å². The summed E-state index contributed by atoms with van der Waals surface area (Å²) in [6.45, 7) is 1.25. The van der Waals surface area contributed by atoms with Crippen molar-refractivity contribution in [1.29, 1.82) is 0 Å². The van der Waals surface area contributed by atoms with Gasteiger partial charge in [-0.2, -0.15) is 0 Å². The summed E-state index contributed by atoms with van der Waals surface area (Å²) >= 11 is 6.02. The number of carboxylic acids is 1. The Balaban J connectivity index is 2.56. The Kier molecular flexibility index (Phi) is 5.68. The number of hydrogen-bond acceptors (Lipinski definition) is 3. The second kappa shape index (κ2) is 7.03. The fourth-order valence-corrected chi connectivity index (χ4v) is 1.80. The van der Waals surface area contributed by atoms with Gasteiger partial charge in [0.2, 0.25) is 0 Å². The average molecular weight is 270 g/mol. The minimum Gasteiger partial charge on any atom is -0.495 e. The molecule has 0 atom stereocenters.